The minimum atomic E-state index is -0.697. The summed E-state index contributed by atoms with van der Waals surface area (Å²) in [5.74, 6) is 5.47. The van der Waals surface area contributed by atoms with Crippen LogP contribution in [0.4, 0.5) is 11.5 Å². The highest BCUT2D eigenvalue weighted by Crippen LogP contribution is 2.60. The summed E-state index contributed by atoms with van der Waals surface area (Å²) >= 11 is 2.35. The van der Waals surface area contributed by atoms with Crippen LogP contribution in [0.2, 0.25) is 0 Å². The predicted molar refractivity (Wildman–Crippen MR) is 156 cm³/mol. The van der Waals surface area contributed by atoms with Gasteiger partial charge in [0, 0.05) is 10.6 Å². The number of amides is 1. The van der Waals surface area contributed by atoms with Gasteiger partial charge < -0.3 is 9.84 Å². The summed E-state index contributed by atoms with van der Waals surface area (Å²) in [6.45, 7) is 3.71. The summed E-state index contributed by atoms with van der Waals surface area (Å²) in [5, 5.41) is 14.3. The highest BCUT2D eigenvalue weighted by atomic mass is 127. The lowest BCUT2D eigenvalue weighted by molar-refractivity contribution is -0.146. The number of rotatable bonds is 6. The predicted octanol–water partition coefficient (Wildman–Crippen LogP) is 5.86. The maximum atomic E-state index is 13.5. The molecule has 39 heavy (non-hydrogen) atoms. The molecule has 1 aromatic carbocycles. The summed E-state index contributed by atoms with van der Waals surface area (Å²) in [6, 6.07) is 8.00. The maximum Gasteiger partial charge on any atom is 0.308 e. The van der Waals surface area contributed by atoms with Crippen LogP contribution in [0.1, 0.15) is 68.9 Å². The molecular weight excluding hydrogens is 607 g/mol. The molecule has 1 N–H and O–H groups in total. The van der Waals surface area contributed by atoms with Gasteiger partial charge in [-0.3, -0.25) is 19.2 Å². The highest BCUT2D eigenvalue weighted by molar-refractivity contribution is 14.1. The number of nitrogens with zero attached hydrogens (tertiary/aromatic N) is 4. The Morgan fingerprint density at radius 3 is 2.64 bits per heavy atom. The molecule has 6 rings (SSSR count). The molecule has 2 heterocycles. The van der Waals surface area contributed by atoms with E-state index in [4.69, 9.17) is 9.72 Å². The molecule has 3 aliphatic carbocycles. The van der Waals surface area contributed by atoms with Crippen molar-refractivity contribution in [2.45, 2.75) is 70.8 Å². The fourth-order valence-electron chi connectivity index (χ4n) is 6.11. The van der Waals surface area contributed by atoms with Crippen molar-refractivity contribution in [3.8, 4) is 17.7 Å². The molecule has 9 heteroatoms. The maximum absolute atomic E-state index is 13.5. The number of fused-ring (bicyclic) bond motifs is 1. The van der Waals surface area contributed by atoms with Gasteiger partial charge in [-0.15, -0.1) is 5.10 Å². The smallest absolute Gasteiger partial charge is 0.308 e. The minimum Gasteiger partial charge on any atom is -0.481 e. The highest BCUT2D eigenvalue weighted by Gasteiger charge is 2.56. The van der Waals surface area contributed by atoms with E-state index in [9.17, 15) is 14.7 Å². The van der Waals surface area contributed by atoms with Crippen LogP contribution in [0.15, 0.2) is 24.3 Å². The summed E-state index contributed by atoms with van der Waals surface area (Å²) in [6.07, 6.45) is 5.95. The van der Waals surface area contributed by atoms with Crippen LogP contribution in [0.3, 0.4) is 0 Å². The molecule has 3 saturated carbocycles. The van der Waals surface area contributed by atoms with Crippen LogP contribution in [0, 0.1) is 33.7 Å². The van der Waals surface area contributed by atoms with E-state index in [2.05, 4.69) is 51.7 Å². The Hall–Kier alpha value is -3.13. The third kappa shape index (κ3) is 4.77. The Morgan fingerprint density at radius 1 is 1.21 bits per heavy atom. The topological polar surface area (TPSA) is 97.6 Å². The normalized spacial score (nSPS) is 21.3. The number of hydrogen-bond acceptors (Lipinski definition) is 5. The second kappa shape index (κ2) is 9.81. The molecule has 202 valence electrons. The van der Waals surface area contributed by atoms with Crippen LogP contribution < -0.4 is 9.64 Å². The Bertz CT molecular complexity index is 1560. The van der Waals surface area contributed by atoms with Crippen LogP contribution in [-0.2, 0) is 16.6 Å². The van der Waals surface area contributed by atoms with Crippen LogP contribution >= 0.6 is 22.6 Å². The standard InChI is InChI=1S/C30H31IN4O4/c1-4-5-26(36)35(24-14-17(2)22(31)15-20(24)18-6-7-18)25-11-10-23-27(32-25)28(33-34(23)3)39-19-8-9-21(29(37)38)30(16-19)12-13-30/h10-11,14-15,18-19,21H,6-9,12-13,16H2,1-3H3,(H,37,38)/t19-,21-/m1/s1. The van der Waals surface area contributed by atoms with Crippen molar-refractivity contribution >= 4 is 57.0 Å². The molecule has 0 saturated heterocycles. The van der Waals surface area contributed by atoms with Crippen molar-refractivity contribution in [3.63, 3.8) is 0 Å². The average molecular weight is 639 g/mol. The first kappa shape index (κ1) is 26.1. The zero-order valence-corrected chi connectivity index (χ0v) is 24.5. The number of anilines is 2. The lowest BCUT2D eigenvalue weighted by Gasteiger charge is -2.33. The molecule has 1 spiro atoms. The van der Waals surface area contributed by atoms with Gasteiger partial charge in [0.1, 0.15) is 11.9 Å². The Labute approximate surface area is 241 Å². The van der Waals surface area contributed by atoms with Crippen molar-refractivity contribution in [2.75, 3.05) is 4.90 Å². The molecule has 3 aliphatic rings. The molecule has 1 amide bonds. The number of carboxylic acid groups (broad SMARTS) is 1. The van der Waals surface area contributed by atoms with Crippen molar-refractivity contribution in [1.82, 2.24) is 14.8 Å². The Kier molecular flexibility index (Phi) is 6.57. The van der Waals surface area contributed by atoms with Crippen LogP contribution in [0.5, 0.6) is 5.88 Å². The molecule has 8 nitrogen and oxygen atoms in total. The molecule has 0 bridgehead atoms. The van der Waals surface area contributed by atoms with Gasteiger partial charge in [0.05, 0.1) is 17.1 Å². The SMILES string of the molecule is CC#CC(=O)N(c1ccc2c(n1)c(O[C@@H]1CC[C@H](C(=O)O)C3(CC3)C1)nn2C)c1cc(C)c(I)cc1C1CC1. The first-order chi connectivity index (χ1) is 18.7. The van der Waals surface area contributed by atoms with Gasteiger partial charge in [0.25, 0.3) is 5.88 Å². The quantitative estimate of drug-likeness (QED) is 0.269. The van der Waals surface area contributed by atoms with Gasteiger partial charge in [0.2, 0.25) is 0 Å². The molecule has 2 atom stereocenters. The number of aliphatic carboxylic acids is 1. The number of carboxylic acids is 1. The largest absolute Gasteiger partial charge is 0.481 e. The van der Waals surface area contributed by atoms with Gasteiger partial charge in [-0.25, -0.2) is 4.98 Å². The summed E-state index contributed by atoms with van der Waals surface area (Å²) in [4.78, 5) is 31.8. The fourth-order valence-corrected chi connectivity index (χ4v) is 6.60. The van der Waals surface area contributed by atoms with Gasteiger partial charge in [-0.1, -0.05) is 5.92 Å². The molecule has 2 aromatic heterocycles. The zero-order chi connectivity index (χ0) is 27.5. The Morgan fingerprint density at radius 2 is 1.97 bits per heavy atom. The number of pyridine rings is 1. The first-order valence-corrected chi connectivity index (χ1v) is 14.6. The number of benzene rings is 1. The number of carbonyl (C=O) groups excluding carboxylic acids is 1. The number of aryl methyl sites for hydroxylation is 2. The number of halogens is 1. The van der Waals surface area contributed by atoms with Crippen molar-refractivity contribution in [2.24, 2.45) is 18.4 Å². The van der Waals surface area contributed by atoms with Gasteiger partial charge in [-0.05, 0) is 134 Å². The molecule has 3 aromatic rings. The molecule has 3 fully saturated rings. The van der Waals surface area contributed by atoms with E-state index in [1.54, 1.807) is 16.5 Å². The van der Waals surface area contributed by atoms with E-state index in [0.29, 0.717) is 42.4 Å². The van der Waals surface area contributed by atoms with Crippen molar-refractivity contribution in [3.05, 3.63) is 39.0 Å². The van der Waals surface area contributed by atoms with Crippen molar-refractivity contribution < 1.29 is 19.4 Å². The van der Waals surface area contributed by atoms with E-state index >= 15 is 0 Å². The first-order valence-electron chi connectivity index (χ1n) is 13.5. The average Bonchev–Trinajstić information content (AvgIpc) is 3.83. The number of hydrogen-bond donors (Lipinski definition) is 1. The van der Waals surface area contributed by atoms with Gasteiger partial charge in [-0.2, -0.15) is 0 Å². The third-order valence-corrected chi connectivity index (χ3v) is 9.66. The van der Waals surface area contributed by atoms with Crippen LogP contribution in [-0.4, -0.2) is 37.9 Å². The number of aromatic nitrogens is 3. The lowest BCUT2D eigenvalue weighted by Crippen LogP contribution is -2.36. The van der Waals surface area contributed by atoms with Gasteiger partial charge in [0.15, 0.2) is 5.52 Å². The number of carbonyl (C=O) groups is 2. The summed E-state index contributed by atoms with van der Waals surface area (Å²) in [7, 11) is 1.85. The third-order valence-electron chi connectivity index (χ3n) is 8.50. The molecule has 0 unspecified atom stereocenters. The minimum absolute atomic E-state index is 0.115. The Balaban J connectivity index is 1.39. The van der Waals surface area contributed by atoms with Gasteiger partial charge >= 0.3 is 11.9 Å². The van der Waals surface area contributed by atoms with E-state index in [1.807, 2.05) is 26.1 Å². The fraction of sp³-hybridized carbons (Fsp3) is 0.467. The zero-order valence-electron chi connectivity index (χ0n) is 22.3. The lowest BCUT2D eigenvalue weighted by atomic mass is 9.75. The van der Waals surface area contributed by atoms with E-state index in [0.717, 1.165) is 48.0 Å². The van der Waals surface area contributed by atoms with E-state index in [-0.39, 0.29) is 23.3 Å². The monoisotopic (exact) mass is 638 g/mol. The number of ether oxygens (including phenoxy) is 1. The second-order valence-electron chi connectivity index (χ2n) is 11.2. The second-order valence-corrected chi connectivity index (χ2v) is 12.4. The van der Waals surface area contributed by atoms with Crippen LogP contribution in [0.25, 0.3) is 11.0 Å². The molecular formula is C30H31IN4O4. The van der Waals surface area contributed by atoms with Crippen molar-refractivity contribution in [1.29, 1.82) is 0 Å². The summed E-state index contributed by atoms with van der Waals surface area (Å²) in [5.41, 5.74) is 4.29. The van der Waals surface area contributed by atoms with E-state index in [1.165, 1.54) is 3.57 Å². The summed E-state index contributed by atoms with van der Waals surface area (Å²) < 4.78 is 9.34. The van der Waals surface area contributed by atoms with E-state index < -0.39 is 5.97 Å². The molecule has 0 radical (unpaired) electrons. The molecule has 0 aliphatic heterocycles.